The molecule has 2 N–H and O–H groups in total. The maximum atomic E-state index is 13.2. The van der Waals surface area contributed by atoms with Gasteiger partial charge >= 0.3 is 0 Å². The fourth-order valence-electron chi connectivity index (χ4n) is 3.47. The van der Waals surface area contributed by atoms with Gasteiger partial charge in [-0.3, -0.25) is 0 Å². The number of fused-ring (bicyclic) bond motifs is 1. The lowest BCUT2D eigenvalue weighted by Crippen LogP contribution is -2.31. The third kappa shape index (κ3) is 2.09. The largest absolute Gasteiger partial charge is 0.330 e. The fourth-order valence-corrected chi connectivity index (χ4v) is 3.66. The van der Waals surface area contributed by atoms with Crippen molar-refractivity contribution in [3.63, 3.8) is 0 Å². The van der Waals surface area contributed by atoms with Crippen LogP contribution in [0, 0.1) is 23.1 Å². The number of hydrogen-bond donors (Lipinski definition) is 1. The molecular weight excluding hydrogens is 237 g/mol. The van der Waals surface area contributed by atoms with Gasteiger partial charge < -0.3 is 5.73 Å². The number of benzene rings is 1. The van der Waals surface area contributed by atoms with E-state index in [1.807, 2.05) is 0 Å². The fraction of sp³-hybridized carbons (Fsp3) is 0.571. The second-order valence-corrected chi connectivity index (χ2v) is 6.19. The van der Waals surface area contributed by atoms with E-state index in [9.17, 15) is 4.39 Å². The molecule has 17 heavy (non-hydrogen) atoms. The first-order valence-corrected chi connectivity index (χ1v) is 6.64. The maximum Gasteiger partial charge on any atom is 0.123 e. The highest BCUT2D eigenvalue weighted by atomic mass is 35.5. The van der Waals surface area contributed by atoms with Crippen LogP contribution in [0.15, 0.2) is 18.2 Å². The van der Waals surface area contributed by atoms with Gasteiger partial charge in [0.1, 0.15) is 5.82 Å². The molecule has 0 aromatic heterocycles. The van der Waals surface area contributed by atoms with E-state index in [4.69, 9.17) is 17.3 Å². The maximum absolute atomic E-state index is 13.2. The Morgan fingerprint density at radius 1 is 1.35 bits per heavy atom. The molecule has 0 aliphatic heterocycles. The summed E-state index contributed by atoms with van der Waals surface area (Å²) in [6.45, 7) is 0.687. The molecule has 0 spiro atoms. The third-order valence-electron chi connectivity index (χ3n) is 4.47. The smallest absolute Gasteiger partial charge is 0.123 e. The van der Waals surface area contributed by atoms with Crippen molar-refractivity contribution in [2.24, 2.45) is 23.0 Å². The molecule has 3 rings (SSSR count). The van der Waals surface area contributed by atoms with Gasteiger partial charge in [0.25, 0.3) is 0 Å². The molecule has 0 radical (unpaired) electrons. The normalized spacial score (nSPS) is 34.8. The van der Waals surface area contributed by atoms with E-state index in [-0.39, 0.29) is 11.2 Å². The van der Waals surface area contributed by atoms with E-state index in [0.29, 0.717) is 11.6 Å². The zero-order valence-electron chi connectivity index (χ0n) is 9.76. The van der Waals surface area contributed by atoms with Crippen LogP contribution in [0.5, 0.6) is 0 Å². The van der Waals surface area contributed by atoms with Crippen molar-refractivity contribution < 1.29 is 4.39 Å². The first kappa shape index (κ1) is 11.5. The van der Waals surface area contributed by atoms with Crippen LogP contribution in [0.2, 0.25) is 5.02 Å². The first-order chi connectivity index (χ1) is 8.12. The molecule has 2 aliphatic carbocycles. The standard InChI is InChI=1S/C14H17ClFN/c15-13-2-1-12(16)4-11(13)7-14(8-17)5-9-3-10(9)6-14/h1-2,4,9-10H,3,5-8,17H2. The van der Waals surface area contributed by atoms with Crippen molar-refractivity contribution in [1.29, 1.82) is 0 Å². The molecule has 1 aromatic carbocycles. The summed E-state index contributed by atoms with van der Waals surface area (Å²) >= 11 is 6.13. The van der Waals surface area contributed by atoms with Gasteiger partial charge in [0, 0.05) is 5.02 Å². The van der Waals surface area contributed by atoms with Gasteiger partial charge in [-0.05, 0) is 73.2 Å². The average Bonchev–Trinajstić information content (AvgIpc) is 2.92. The van der Waals surface area contributed by atoms with Gasteiger partial charge in [-0.15, -0.1) is 0 Å². The van der Waals surface area contributed by atoms with Gasteiger partial charge in [-0.2, -0.15) is 0 Å². The number of nitrogens with two attached hydrogens (primary N) is 1. The van der Waals surface area contributed by atoms with Crippen LogP contribution in [0.3, 0.4) is 0 Å². The molecule has 2 atom stereocenters. The topological polar surface area (TPSA) is 26.0 Å². The zero-order valence-corrected chi connectivity index (χ0v) is 10.5. The number of rotatable bonds is 3. The van der Waals surface area contributed by atoms with Crippen LogP contribution in [-0.2, 0) is 6.42 Å². The minimum absolute atomic E-state index is 0.172. The first-order valence-electron chi connectivity index (χ1n) is 6.26. The second kappa shape index (κ2) is 3.96. The lowest BCUT2D eigenvalue weighted by atomic mass is 9.77. The molecular formula is C14H17ClFN. The Balaban J connectivity index is 1.83. The lowest BCUT2D eigenvalue weighted by molar-refractivity contribution is 0.273. The minimum atomic E-state index is -0.209. The number of hydrogen-bond acceptors (Lipinski definition) is 1. The molecule has 2 fully saturated rings. The second-order valence-electron chi connectivity index (χ2n) is 5.78. The Bertz CT molecular complexity index is 436. The summed E-state index contributed by atoms with van der Waals surface area (Å²) < 4.78 is 13.2. The molecule has 92 valence electrons. The SMILES string of the molecule is NCC1(Cc2cc(F)ccc2Cl)CC2CC2C1. The quantitative estimate of drug-likeness (QED) is 0.878. The molecule has 0 heterocycles. The van der Waals surface area contributed by atoms with E-state index >= 15 is 0 Å². The van der Waals surface area contributed by atoms with Crippen molar-refractivity contribution in [3.05, 3.63) is 34.6 Å². The van der Waals surface area contributed by atoms with Crippen molar-refractivity contribution in [2.45, 2.75) is 25.7 Å². The predicted octanol–water partition coefficient (Wildman–Crippen LogP) is 3.40. The van der Waals surface area contributed by atoms with Gasteiger partial charge in [-0.25, -0.2) is 4.39 Å². The van der Waals surface area contributed by atoms with E-state index in [0.717, 1.165) is 23.8 Å². The summed E-state index contributed by atoms with van der Waals surface area (Å²) in [6, 6.07) is 4.61. The molecule has 2 aliphatic rings. The molecule has 1 aromatic rings. The molecule has 2 unspecified atom stereocenters. The van der Waals surface area contributed by atoms with Gasteiger partial charge in [0.05, 0.1) is 0 Å². The Labute approximate surface area is 106 Å². The molecule has 0 amide bonds. The van der Waals surface area contributed by atoms with Crippen molar-refractivity contribution in [3.8, 4) is 0 Å². The molecule has 2 saturated carbocycles. The Kier molecular flexibility index (Phi) is 2.68. The highest BCUT2D eigenvalue weighted by Gasteiger charge is 2.52. The van der Waals surface area contributed by atoms with Gasteiger partial charge in [0.15, 0.2) is 0 Å². The van der Waals surface area contributed by atoms with Crippen LogP contribution >= 0.6 is 11.6 Å². The Morgan fingerprint density at radius 2 is 2.06 bits per heavy atom. The van der Waals surface area contributed by atoms with Crippen LogP contribution in [0.4, 0.5) is 4.39 Å². The third-order valence-corrected chi connectivity index (χ3v) is 4.83. The van der Waals surface area contributed by atoms with Crippen LogP contribution in [0.25, 0.3) is 0 Å². The Hall–Kier alpha value is -0.600. The van der Waals surface area contributed by atoms with E-state index in [2.05, 4.69) is 0 Å². The van der Waals surface area contributed by atoms with E-state index < -0.39 is 0 Å². The highest BCUT2D eigenvalue weighted by molar-refractivity contribution is 6.31. The summed E-state index contributed by atoms with van der Waals surface area (Å²) in [5.74, 6) is 1.55. The molecule has 0 bridgehead atoms. The summed E-state index contributed by atoms with van der Waals surface area (Å²) in [7, 11) is 0. The Morgan fingerprint density at radius 3 is 2.71 bits per heavy atom. The van der Waals surface area contributed by atoms with Gasteiger partial charge in [0.2, 0.25) is 0 Å². The van der Waals surface area contributed by atoms with Crippen LogP contribution < -0.4 is 5.73 Å². The average molecular weight is 254 g/mol. The number of halogens is 2. The van der Waals surface area contributed by atoms with E-state index in [1.165, 1.54) is 25.3 Å². The summed E-state index contributed by atoms with van der Waals surface area (Å²) in [4.78, 5) is 0. The molecule has 1 nitrogen and oxygen atoms in total. The summed E-state index contributed by atoms with van der Waals surface area (Å²) in [5, 5.41) is 0.666. The van der Waals surface area contributed by atoms with Gasteiger partial charge in [-0.1, -0.05) is 11.6 Å². The lowest BCUT2D eigenvalue weighted by Gasteiger charge is -2.29. The van der Waals surface area contributed by atoms with E-state index in [1.54, 1.807) is 12.1 Å². The monoisotopic (exact) mass is 253 g/mol. The molecule has 0 saturated heterocycles. The van der Waals surface area contributed by atoms with Crippen LogP contribution in [0.1, 0.15) is 24.8 Å². The highest BCUT2D eigenvalue weighted by Crippen LogP contribution is 2.60. The van der Waals surface area contributed by atoms with Crippen LogP contribution in [-0.4, -0.2) is 6.54 Å². The summed E-state index contributed by atoms with van der Waals surface area (Å²) in [5.41, 5.74) is 7.04. The summed E-state index contributed by atoms with van der Waals surface area (Å²) in [6.07, 6.45) is 4.59. The minimum Gasteiger partial charge on any atom is -0.330 e. The van der Waals surface area contributed by atoms with Crippen molar-refractivity contribution >= 4 is 11.6 Å². The molecule has 3 heteroatoms. The predicted molar refractivity (Wildman–Crippen MR) is 67.4 cm³/mol. The zero-order chi connectivity index (χ0) is 12.0. The van der Waals surface area contributed by atoms with Crippen molar-refractivity contribution in [2.75, 3.05) is 6.54 Å². The van der Waals surface area contributed by atoms with Crippen molar-refractivity contribution in [1.82, 2.24) is 0 Å².